The van der Waals surface area contributed by atoms with Gasteiger partial charge in [-0.05, 0) is 12.1 Å². The Morgan fingerprint density at radius 3 is 2.33 bits per heavy atom. The summed E-state index contributed by atoms with van der Waals surface area (Å²) >= 11 is 0. The van der Waals surface area contributed by atoms with Crippen LogP contribution < -0.4 is 10.2 Å². The third-order valence-corrected chi connectivity index (χ3v) is 3.56. The highest BCUT2D eigenvalue weighted by Crippen LogP contribution is 2.33. The van der Waals surface area contributed by atoms with Crippen LogP contribution in [0.4, 0.5) is 19.0 Å². The molecule has 1 aliphatic heterocycles. The largest absolute Gasteiger partial charge is 0.416 e. The summed E-state index contributed by atoms with van der Waals surface area (Å²) in [5.74, 6) is 0.628. The van der Waals surface area contributed by atoms with Gasteiger partial charge in [0.25, 0.3) is 0 Å². The van der Waals surface area contributed by atoms with Crippen LogP contribution in [0.3, 0.4) is 0 Å². The zero-order chi connectivity index (χ0) is 15.6. The molecule has 0 spiro atoms. The van der Waals surface area contributed by atoms with Gasteiger partial charge in [0.2, 0.25) is 0 Å². The van der Waals surface area contributed by atoms with Gasteiger partial charge in [-0.1, -0.05) is 12.1 Å². The van der Waals surface area contributed by atoms with Crippen molar-refractivity contribution in [2.24, 2.45) is 0 Å². The first-order valence-corrected chi connectivity index (χ1v) is 7.00. The minimum Gasteiger partial charge on any atom is -0.352 e. The number of anilines is 1. The predicted molar refractivity (Wildman–Crippen MR) is 92.0 cm³/mol. The molecule has 2 heterocycles. The lowest BCUT2D eigenvalue weighted by molar-refractivity contribution is -0.137. The van der Waals surface area contributed by atoms with Gasteiger partial charge < -0.3 is 10.2 Å². The molecule has 0 amide bonds. The quantitative estimate of drug-likeness (QED) is 0.866. The molecule has 9 heteroatoms. The van der Waals surface area contributed by atoms with Crippen LogP contribution in [-0.2, 0) is 6.18 Å². The van der Waals surface area contributed by atoms with Gasteiger partial charge in [0.1, 0.15) is 5.69 Å². The van der Waals surface area contributed by atoms with Crippen molar-refractivity contribution >= 4 is 30.6 Å². The summed E-state index contributed by atoms with van der Waals surface area (Å²) < 4.78 is 38.7. The van der Waals surface area contributed by atoms with Gasteiger partial charge in [-0.15, -0.1) is 24.8 Å². The molecule has 3 rings (SSSR count). The van der Waals surface area contributed by atoms with Gasteiger partial charge in [-0.25, -0.2) is 4.98 Å². The number of alkyl halides is 3. The fraction of sp³-hybridized carbons (Fsp3) is 0.333. The lowest BCUT2D eigenvalue weighted by Crippen LogP contribution is -2.44. The molecule has 1 fully saturated rings. The van der Waals surface area contributed by atoms with Gasteiger partial charge in [-0.3, -0.25) is 4.98 Å². The number of halogens is 5. The van der Waals surface area contributed by atoms with Crippen LogP contribution in [0.5, 0.6) is 0 Å². The van der Waals surface area contributed by atoms with Crippen molar-refractivity contribution in [2.75, 3.05) is 31.1 Å². The summed E-state index contributed by atoms with van der Waals surface area (Å²) in [5, 5.41) is 3.23. The van der Waals surface area contributed by atoms with E-state index in [0.717, 1.165) is 38.3 Å². The standard InChI is InChI=1S/C15H15F3N4.2ClH/c16-15(17,18)12-3-1-2-11(10-12)13-14(21-5-4-20-13)22-8-6-19-7-9-22;;/h1-5,10,19H,6-9H2;2*1H. The van der Waals surface area contributed by atoms with E-state index in [-0.39, 0.29) is 24.8 Å². The van der Waals surface area contributed by atoms with Crippen molar-refractivity contribution in [3.05, 3.63) is 42.2 Å². The highest BCUT2D eigenvalue weighted by molar-refractivity contribution is 5.85. The maximum atomic E-state index is 12.9. The molecule has 1 N–H and O–H groups in total. The summed E-state index contributed by atoms with van der Waals surface area (Å²) in [4.78, 5) is 10.6. The molecule has 1 aliphatic rings. The predicted octanol–water partition coefficient (Wildman–Crippen LogP) is 3.42. The molecule has 0 unspecified atom stereocenters. The molecule has 4 nitrogen and oxygen atoms in total. The van der Waals surface area contributed by atoms with Crippen LogP contribution in [-0.4, -0.2) is 36.1 Å². The van der Waals surface area contributed by atoms with Gasteiger partial charge in [-0.2, -0.15) is 13.2 Å². The third kappa shape index (κ3) is 4.49. The molecule has 0 aliphatic carbocycles. The van der Waals surface area contributed by atoms with Crippen molar-refractivity contribution in [1.82, 2.24) is 15.3 Å². The number of piperazine rings is 1. The topological polar surface area (TPSA) is 41.1 Å². The molecule has 2 aromatic rings. The van der Waals surface area contributed by atoms with Gasteiger partial charge in [0.05, 0.1) is 5.56 Å². The van der Waals surface area contributed by atoms with E-state index in [9.17, 15) is 13.2 Å². The minimum atomic E-state index is -4.37. The summed E-state index contributed by atoms with van der Waals surface area (Å²) in [6, 6.07) is 5.21. The maximum Gasteiger partial charge on any atom is 0.416 e. The molecule has 1 aromatic heterocycles. The van der Waals surface area contributed by atoms with E-state index in [1.54, 1.807) is 12.3 Å². The van der Waals surface area contributed by atoms with E-state index in [2.05, 4.69) is 15.3 Å². The van der Waals surface area contributed by atoms with Crippen molar-refractivity contribution < 1.29 is 13.2 Å². The number of aromatic nitrogens is 2. The van der Waals surface area contributed by atoms with Crippen molar-refractivity contribution in [3.63, 3.8) is 0 Å². The Hall–Kier alpha value is -1.57. The lowest BCUT2D eigenvalue weighted by Gasteiger charge is -2.29. The zero-order valence-corrected chi connectivity index (χ0v) is 14.2. The Balaban J connectivity index is 0.00000144. The van der Waals surface area contributed by atoms with Gasteiger partial charge >= 0.3 is 6.18 Å². The fourth-order valence-corrected chi connectivity index (χ4v) is 2.49. The highest BCUT2D eigenvalue weighted by Gasteiger charge is 2.31. The van der Waals surface area contributed by atoms with E-state index < -0.39 is 11.7 Å². The molecular weight excluding hydrogens is 364 g/mol. The Morgan fingerprint density at radius 1 is 1.00 bits per heavy atom. The average molecular weight is 381 g/mol. The second-order valence-electron chi connectivity index (χ2n) is 5.04. The molecule has 0 saturated carbocycles. The van der Waals surface area contributed by atoms with Crippen molar-refractivity contribution in [3.8, 4) is 11.3 Å². The second kappa shape index (κ2) is 8.50. The number of hydrogen-bond acceptors (Lipinski definition) is 4. The van der Waals surface area contributed by atoms with E-state index in [1.807, 2.05) is 4.90 Å². The minimum absolute atomic E-state index is 0. The summed E-state index contributed by atoms with van der Waals surface area (Å²) in [7, 11) is 0. The molecule has 1 saturated heterocycles. The molecular formula is C15H17Cl2F3N4. The third-order valence-electron chi connectivity index (χ3n) is 3.56. The second-order valence-corrected chi connectivity index (χ2v) is 5.04. The maximum absolute atomic E-state index is 12.9. The number of benzene rings is 1. The lowest BCUT2D eigenvalue weighted by atomic mass is 10.1. The Bertz CT molecular complexity index is 661. The molecule has 132 valence electrons. The summed E-state index contributed by atoms with van der Waals surface area (Å²) in [5.41, 5.74) is 0.230. The first-order valence-electron chi connectivity index (χ1n) is 7.00. The average Bonchev–Trinajstić information content (AvgIpc) is 2.55. The Morgan fingerprint density at radius 2 is 1.67 bits per heavy atom. The highest BCUT2D eigenvalue weighted by atomic mass is 35.5. The molecule has 0 bridgehead atoms. The molecule has 1 aromatic carbocycles. The normalized spacial score (nSPS) is 14.5. The van der Waals surface area contributed by atoms with E-state index in [0.29, 0.717) is 17.1 Å². The summed E-state index contributed by atoms with van der Waals surface area (Å²) in [6.45, 7) is 3.15. The van der Waals surface area contributed by atoms with Crippen molar-refractivity contribution in [1.29, 1.82) is 0 Å². The number of hydrogen-bond donors (Lipinski definition) is 1. The molecule has 0 atom stereocenters. The number of nitrogens with zero attached hydrogens (tertiary/aromatic N) is 3. The Kier molecular flexibility index (Phi) is 7.26. The van der Waals surface area contributed by atoms with Crippen LogP contribution in [0.25, 0.3) is 11.3 Å². The van der Waals surface area contributed by atoms with Crippen molar-refractivity contribution in [2.45, 2.75) is 6.18 Å². The van der Waals surface area contributed by atoms with Crippen LogP contribution >= 0.6 is 24.8 Å². The SMILES string of the molecule is Cl.Cl.FC(F)(F)c1cccc(-c2nccnc2N2CCNCC2)c1. The van der Waals surface area contributed by atoms with Crippen LogP contribution in [0.1, 0.15) is 5.56 Å². The Labute approximate surface area is 150 Å². The smallest absolute Gasteiger partial charge is 0.352 e. The van der Waals surface area contributed by atoms with E-state index in [1.165, 1.54) is 12.3 Å². The van der Waals surface area contributed by atoms with Gasteiger partial charge in [0.15, 0.2) is 5.82 Å². The summed E-state index contributed by atoms with van der Waals surface area (Å²) in [6.07, 6.45) is -1.30. The van der Waals surface area contributed by atoms with Crippen LogP contribution in [0.2, 0.25) is 0 Å². The van der Waals surface area contributed by atoms with E-state index in [4.69, 9.17) is 0 Å². The van der Waals surface area contributed by atoms with Crippen LogP contribution in [0, 0.1) is 0 Å². The zero-order valence-electron chi connectivity index (χ0n) is 12.6. The molecule has 24 heavy (non-hydrogen) atoms. The fourth-order valence-electron chi connectivity index (χ4n) is 2.49. The van der Waals surface area contributed by atoms with E-state index >= 15 is 0 Å². The van der Waals surface area contributed by atoms with Crippen LogP contribution in [0.15, 0.2) is 36.7 Å². The molecule has 0 radical (unpaired) electrons. The number of rotatable bonds is 2. The first-order chi connectivity index (χ1) is 10.6. The number of nitrogens with one attached hydrogen (secondary N) is 1. The first kappa shape index (κ1) is 20.5. The monoisotopic (exact) mass is 380 g/mol. The van der Waals surface area contributed by atoms with Gasteiger partial charge in [0, 0.05) is 44.1 Å².